The summed E-state index contributed by atoms with van der Waals surface area (Å²) in [5, 5.41) is 5.51. The Labute approximate surface area is 203 Å². The maximum Gasteiger partial charge on any atom is 0.337 e. The van der Waals surface area contributed by atoms with Crippen molar-refractivity contribution >= 4 is 29.2 Å². The van der Waals surface area contributed by atoms with E-state index >= 15 is 0 Å². The van der Waals surface area contributed by atoms with Gasteiger partial charge in [0.05, 0.1) is 32.6 Å². The first-order valence-corrected chi connectivity index (χ1v) is 10.6. The Hall–Kier alpha value is -4.53. The predicted molar refractivity (Wildman–Crippen MR) is 131 cm³/mol. The molecule has 3 rings (SSSR count). The molecule has 2 amide bonds. The number of aryl methyl sites for hydroxylation is 1. The largest absolute Gasteiger partial charge is 0.495 e. The Morgan fingerprint density at radius 2 is 1.46 bits per heavy atom. The summed E-state index contributed by atoms with van der Waals surface area (Å²) in [6, 6.07) is 16.5. The molecule has 0 aliphatic carbocycles. The first-order chi connectivity index (χ1) is 16.9. The zero-order chi connectivity index (χ0) is 25.4. The SMILES string of the molecule is COC(=O)c1ccc(C)c(NC(=O)c2ccc(OCC(=O)Nc3ccccc3OC)c(OC)c2)c1. The fraction of sp³-hybridized carbons (Fsp3) is 0.192. The number of esters is 1. The van der Waals surface area contributed by atoms with Crippen LogP contribution in [0.5, 0.6) is 17.2 Å². The molecular weight excluding hydrogens is 452 g/mol. The standard InChI is InChI=1S/C26H26N2O7/c1-16-9-10-18(26(31)34-4)13-20(16)28-25(30)17-11-12-22(23(14-17)33-3)35-15-24(29)27-19-7-5-6-8-21(19)32-2/h5-14H,15H2,1-4H3,(H,27,29)(H,28,30). The van der Waals surface area contributed by atoms with Crippen molar-refractivity contribution in [3.8, 4) is 17.2 Å². The van der Waals surface area contributed by atoms with Crippen LogP contribution in [0.1, 0.15) is 26.3 Å². The molecule has 0 fully saturated rings. The number of benzene rings is 3. The lowest BCUT2D eigenvalue weighted by Crippen LogP contribution is -2.20. The highest BCUT2D eigenvalue weighted by Gasteiger charge is 2.15. The molecule has 0 spiro atoms. The number of ether oxygens (including phenoxy) is 4. The van der Waals surface area contributed by atoms with Gasteiger partial charge in [-0.05, 0) is 55.0 Å². The summed E-state index contributed by atoms with van der Waals surface area (Å²) in [7, 11) is 4.24. The molecule has 182 valence electrons. The van der Waals surface area contributed by atoms with Crippen molar-refractivity contribution in [3.63, 3.8) is 0 Å². The highest BCUT2D eigenvalue weighted by Crippen LogP contribution is 2.29. The molecule has 3 aromatic carbocycles. The second-order valence-electron chi connectivity index (χ2n) is 7.38. The van der Waals surface area contributed by atoms with Crippen LogP contribution < -0.4 is 24.8 Å². The normalized spacial score (nSPS) is 10.2. The molecule has 2 N–H and O–H groups in total. The van der Waals surface area contributed by atoms with Crippen LogP contribution in [-0.4, -0.2) is 45.7 Å². The molecule has 0 saturated carbocycles. The van der Waals surface area contributed by atoms with Gasteiger partial charge in [-0.2, -0.15) is 0 Å². The van der Waals surface area contributed by atoms with Crippen LogP contribution in [0.4, 0.5) is 11.4 Å². The quantitative estimate of drug-likeness (QED) is 0.446. The maximum absolute atomic E-state index is 12.8. The summed E-state index contributed by atoms with van der Waals surface area (Å²) >= 11 is 0. The second kappa shape index (κ2) is 11.6. The topological polar surface area (TPSA) is 112 Å². The average Bonchev–Trinajstić information content (AvgIpc) is 2.88. The lowest BCUT2D eigenvalue weighted by Gasteiger charge is -2.14. The van der Waals surface area contributed by atoms with E-state index in [4.69, 9.17) is 18.9 Å². The minimum Gasteiger partial charge on any atom is -0.495 e. The molecule has 0 saturated heterocycles. The van der Waals surface area contributed by atoms with Crippen molar-refractivity contribution in [1.29, 1.82) is 0 Å². The summed E-state index contributed by atoms with van der Waals surface area (Å²) in [5.74, 6) is -0.196. The summed E-state index contributed by atoms with van der Waals surface area (Å²) in [4.78, 5) is 37.0. The Kier molecular flexibility index (Phi) is 8.29. The monoisotopic (exact) mass is 478 g/mol. The summed E-state index contributed by atoms with van der Waals surface area (Å²) in [6.45, 7) is 1.53. The Bertz CT molecular complexity index is 1240. The van der Waals surface area contributed by atoms with E-state index in [1.54, 1.807) is 54.6 Å². The molecule has 0 radical (unpaired) electrons. The molecule has 0 heterocycles. The maximum atomic E-state index is 12.8. The van der Waals surface area contributed by atoms with Crippen molar-refractivity contribution in [2.45, 2.75) is 6.92 Å². The third-order valence-electron chi connectivity index (χ3n) is 5.07. The van der Waals surface area contributed by atoms with Crippen LogP contribution in [0, 0.1) is 6.92 Å². The lowest BCUT2D eigenvalue weighted by molar-refractivity contribution is -0.118. The van der Waals surface area contributed by atoms with Gasteiger partial charge in [0.15, 0.2) is 18.1 Å². The molecule has 9 heteroatoms. The predicted octanol–water partition coefficient (Wildman–Crippen LogP) is 4.07. The van der Waals surface area contributed by atoms with Crippen molar-refractivity contribution in [2.75, 3.05) is 38.6 Å². The third kappa shape index (κ3) is 6.29. The smallest absolute Gasteiger partial charge is 0.337 e. The fourth-order valence-electron chi connectivity index (χ4n) is 3.20. The van der Waals surface area contributed by atoms with Gasteiger partial charge in [0.25, 0.3) is 11.8 Å². The van der Waals surface area contributed by atoms with Gasteiger partial charge in [0.1, 0.15) is 5.75 Å². The summed E-state index contributed by atoms with van der Waals surface area (Å²) in [6.07, 6.45) is 0. The first kappa shape index (κ1) is 25.1. The van der Waals surface area contributed by atoms with Crippen molar-refractivity contribution in [3.05, 3.63) is 77.4 Å². The van der Waals surface area contributed by atoms with E-state index in [1.165, 1.54) is 27.4 Å². The van der Waals surface area contributed by atoms with Crippen molar-refractivity contribution in [2.24, 2.45) is 0 Å². The van der Waals surface area contributed by atoms with E-state index in [0.29, 0.717) is 34.0 Å². The zero-order valence-electron chi connectivity index (χ0n) is 19.8. The number of nitrogens with one attached hydrogen (secondary N) is 2. The van der Waals surface area contributed by atoms with Crippen molar-refractivity contribution < 1.29 is 33.3 Å². The van der Waals surface area contributed by atoms with E-state index in [0.717, 1.165) is 5.56 Å². The Morgan fingerprint density at radius 3 is 2.17 bits per heavy atom. The molecule has 0 aliphatic heterocycles. The summed E-state index contributed by atoms with van der Waals surface area (Å²) in [5.41, 5.74) is 2.40. The molecule has 35 heavy (non-hydrogen) atoms. The number of carbonyl (C=O) groups is 3. The van der Waals surface area contributed by atoms with E-state index in [2.05, 4.69) is 10.6 Å². The number of carbonyl (C=O) groups excluding carboxylic acids is 3. The van der Waals surface area contributed by atoms with Crippen LogP contribution in [-0.2, 0) is 9.53 Å². The zero-order valence-corrected chi connectivity index (χ0v) is 19.8. The number of hydrogen-bond acceptors (Lipinski definition) is 7. The van der Waals surface area contributed by atoms with Crippen molar-refractivity contribution in [1.82, 2.24) is 0 Å². The van der Waals surface area contributed by atoms with E-state index < -0.39 is 11.9 Å². The highest BCUT2D eigenvalue weighted by atomic mass is 16.5. The number of rotatable bonds is 9. The number of para-hydroxylation sites is 2. The summed E-state index contributed by atoms with van der Waals surface area (Å²) < 4.78 is 20.9. The van der Waals surface area contributed by atoms with Gasteiger partial charge in [0.2, 0.25) is 0 Å². The molecule has 0 aromatic heterocycles. The molecule has 0 atom stereocenters. The minimum absolute atomic E-state index is 0.278. The Morgan fingerprint density at radius 1 is 0.743 bits per heavy atom. The first-order valence-electron chi connectivity index (χ1n) is 10.6. The fourth-order valence-corrected chi connectivity index (χ4v) is 3.20. The molecular formula is C26H26N2O7. The van der Waals surface area contributed by atoms with Gasteiger partial charge in [-0.1, -0.05) is 18.2 Å². The number of hydrogen-bond donors (Lipinski definition) is 2. The molecule has 0 aliphatic rings. The number of anilines is 2. The second-order valence-corrected chi connectivity index (χ2v) is 7.38. The van der Waals surface area contributed by atoms with Crippen LogP contribution in [0.15, 0.2) is 60.7 Å². The molecule has 0 unspecified atom stereocenters. The molecule has 0 bridgehead atoms. The highest BCUT2D eigenvalue weighted by molar-refractivity contribution is 6.05. The van der Waals surface area contributed by atoms with E-state index in [1.807, 2.05) is 6.92 Å². The molecule has 3 aromatic rings. The van der Waals surface area contributed by atoms with Gasteiger partial charge in [-0.25, -0.2) is 4.79 Å². The lowest BCUT2D eigenvalue weighted by atomic mass is 10.1. The average molecular weight is 479 g/mol. The minimum atomic E-state index is -0.501. The number of amides is 2. The van der Waals surface area contributed by atoms with Gasteiger partial charge in [0, 0.05) is 11.3 Å². The van der Waals surface area contributed by atoms with E-state index in [9.17, 15) is 14.4 Å². The van der Waals surface area contributed by atoms with E-state index in [-0.39, 0.29) is 18.3 Å². The van der Waals surface area contributed by atoms with Gasteiger partial charge >= 0.3 is 5.97 Å². The van der Waals surface area contributed by atoms with Gasteiger partial charge in [-0.3, -0.25) is 9.59 Å². The van der Waals surface area contributed by atoms with Crippen LogP contribution in [0.2, 0.25) is 0 Å². The molecule has 9 nitrogen and oxygen atoms in total. The number of methoxy groups -OCH3 is 3. The van der Waals surface area contributed by atoms with Gasteiger partial charge in [-0.15, -0.1) is 0 Å². The van der Waals surface area contributed by atoms with Gasteiger partial charge < -0.3 is 29.6 Å². The van der Waals surface area contributed by atoms with Crippen LogP contribution in [0.25, 0.3) is 0 Å². The van der Waals surface area contributed by atoms with Crippen LogP contribution in [0.3, 0.4) is 0 Å². The van der Waals surface area contributed by atoms with Crippen LogP contribution >= 0.6 is 0 Å². The Balaban J connectivity index is 1.68. The third-order valence-corrected chi connectivity index (χ3v) is 5.07.